The molecule has 0 aliphatic carbocycles. The molecule has 0 fully saturated rings. The maximum absolute atomic E-state index is 5.64. The zero-order valence-electron chi connectivity index (χ0n) is 8.93. The van der Waals surface area contributed by atoms with Gasteiger partial charge in [0.1, 0.15) is 0 Å². The third-order valence-corrected chi connectivity index (χ3v) is 2.11. The Morgan fingerprint density at radius 2 is 1.36 bits per heavy atom. The SMILES string of the molecule is CNCc1cc(CN)cc(CNC)c1. The molecule has 0 bridgehead atoms. The lowest BCUT2D eigenvalue weighted by atomic mass is 10.1. The highest BCUT2D eigenvalue weighted by molar-refractivity contribution is 5.30. The van der Waals surface area contributed by atoms with E-state index in [0.29, 0.717) is 6.54 Å². The summed E-state index contributed by atoms with van der Waals surface area (Å²) >= 11 is 0. The number of nitrogens with one attached hydrogen (secondary N) is 2. The Morgan fingerprint density at radius 3 is 1.71 bits per heavy atom. The van der Waals surface area contributed by atoms with Gasteiger partial charge < -0.3 is 16.4 Å². The smallest absolute Gasteiger partial charge is 0.0202 e. The van der Waals surface area contributed by atoms with E-state index in [0.717, 1.165) is 13.1 Å². The van der Waals surface area contributed by atoms with Gasteiger partial charge >= 0.3 is 0 Å². The third-order valence-electron chi connectivity index (χ3n) is 2.11. The molecule has 0 saturated heterocycles. The lowest BCUT2D eigenvalue weighted by Gasteiger charge is -2.08. The Hall–Kier alpha value is -0.900. The van der Waals surface area contributed by atoms with Crippen molar-refractivity contribution in [2.45, 2.75) is 19.6 Å². The summed E-state index contributed by atoms with van der Waals surface area (Å²) in [5, 5.41) is 6.29. The Kier molecular flexibility index (Phi) is 4.59. The molecule has 1 aromatic carbocycles. The van der Waals surface area contributed by atoms with Crippen LogP contribution in [0.15, 0.2) is 18.2 Å². The van der Waals surface area contributed by atoms with E-state index >= 15 is 0 Å². The molecule has 0 radical (unpaired) electrons. The summed E-state index contributed by atoms with van der Waals surface area (Å²) < 4.78 is 0. The van der Waals surface area contributed by atoms with Crippen molar-refractivity contribution in [1.82, 2.24) is 10.6 Å². The summed E-state index contributed by atoms with van der Waals surface area (Å²) in [4.78, 5) is 0. The zero-order valence-corrected chi connectivity index (χ0v) is 8.93. The van der Waals surface area contributed by atoms with Crippen LogP contribution in [0.2, 0.25) is 0 Å². The summed E-state index contributed by atoms with van der Waals surface area (Å²) in [6, 6.07) is 6.50. The zero-order chi connectivity index (χ0) is 10.4. The van der Waals surface area contributed by atoms with Gasteiger partial charge in [-0.2, -0.15) is 0 Å². The molecule has 0 spiro atoms. The van der Waals surface area contributed by atoms with Gasteiger partial charge in [0.15, 0.2) is 0 Å². The van der Waals surface area contributed by atoms with Gasteiger partial charge in [0.05, 0.1) is 0 Å². The Morgan fingerprint density at radius 1 is 0.929 bits per heavy atom. The fourth-order valence-corrected chi connectivity index (χ4v) is 1.57. The van der Waals surface area contributed by atoms with Crippen LogP contribution in [0.1, 0.15) is 16.7 Å². The van der Waals surface area contributed by atoms with Gasteiger partial charge in [0.25, 0.3) is 0 Å². The minimum absolute atomic E-state index is 0.605. The summed E-state index contributed by atoms with van der Waals surface area (Å²) in [6.45, 7) is 2.39. The molecule has 0 saturated carbocycles. The maximum Gasteiger partial charge on any atom is 0.0202 e. The molecule has 0 heterocycles. The van der Waals surface area contributed by atoms with Crippen molar-refractivity contribution in [2.24, 2.45) is 5.73 Å². The predicted octanol–water partition coefficient (Wildman–Crippen LogP) is 0.584. The van der Waals surface area contributed by atoms with Crippen molar-refractivity contribution < 1.29 is 0 Å². The Balaban J connectivity index is 2.88. The van der Waals surface area contributed by atoms with Gasteiger partial charge in [-0.05, 0) is 30.8 Å². The van der Waals surface area contributed by atoms with E-state index in [1.165, 1.54) is 16.7 Å². The van der Waals surface area contributed by atoms with E-state index in [-0.39, 0.29) is 0 Å². The first kappa shape index (κ1) is 11.2. The fraction of sp³-hybridized carbons (Fsp3) is 0.455. The molecule has 4 N–H and O–H groups in total. The molecular formula is C11H19N3. The Labute approximate surface area is 85.7 Å². The third kappa shape index (κ3) is 3.10. The minimum atomic E-state index is 0.605. The summed E-state index contributed by atoms with van der Waals surface area (Å²) in [7, 11) is 3.90. The highest BCUT2D eigenvalue weighted by atomic mass is 14.8. The van der Waals surface area contributed by atoms with Crippen molar-refractivity contribution in [2.75, 3.05) is 14.1 Å². The van der Waals surface area contributed by atoms with Crippen LogP contribution in [-0.4, -0.2) is 14.1 Å². The van der Waals surface area contributed by atoms with Crippen LogP contribution in [-0.2, 0) is 19.6 Å². The van der Waals surface area contributed by atoms with Crippen molar-refractivity contribution in [3.05, 3.63) is 34.9 Å². The van der Waals surface area contributed by atoms with E-state index in [1.54, 1.807) is 0 Å². The molecule has 0 aliphatic rings. The fourth-order valence-electron chi connectivity index (χ4n) is 1.57. The van der Waals surface area contributed by atoms with E-state index in [2.05, 4.69) is 28.8 Å². The second-order valence-corrected chi connectivity index (χ2v) is 3.42. The van der Waals surface area contributed by atoms with Crippen LogP contribution in [0.5, 0.6) is 0 Å². The van der Waals surface area contributed by atoms with Crippen LogP contribution in [0.4, 0.5) is 0 Å². The van der Waals surface area contributed by atoms with Gasteiger partial charge in [-0.1, -0.05) is 18.2 Å². The standard InChI is InChI=1S/C11H19N3/c1-13-7-10-3-9(6-12)4-11(5-10)8-14-2/h3-5,13-14H,6-8,12H2,1-2H3. The monoisotopic (exact) mass is 193 g/mol. The normalized spacial score (nSPS) is 10.5. The topological polar surface area (TPSA) is 50.1 Å². The van der Waals surface area contributed by atoms with E-state index < -0.39 is 0 Å². The number of nitrogens with two attached hydrogens (primary N) is 1. The second kappa shape index (κ2) is 5.75. The molecule has 1 aromatic rings. The van der Waals surface area contributed by atoms with Crippen molar-refractivity contribution in [3.8, 4) is 0 Å². The maximum atomic E-state index is 5.64. The minimum Gasteiger partial charge on any atom is -0.326 e. The highest BCUT2D eigenvalue weighted by Gasteiger charge is 1.99. The van der Waals surface area contributed by atoms with E-state index in [4.69, 9.17) is 5.73 Å². The van der Waals surface area contributed by atoms with Crippen LogP contribution >= 0.6 is 0 Å². The largest absolute Gasteiger partial charge is 0.326 e. The highest BCUT2D eigenvalue weighted by Crippen LogP contribution is 2.10. The Bertz CT molecular complexity index is 260. The molecule has 3 heteroatoms. The van der Waals surface area contributed by atoms with Crippen molar-refractivity contribution in [3.63, 3.8) is 0 Å². The van der Waals surface area contributed by atoms with Gasteiger partial charge in [-0.25, -0.2) is 0 Å². The summed E-state index contributed by atoms with van der Waals surface area (Å²) in [5.74, 6) is 0. The van der Waals surface area contributed by atoms with Crippen LogP contribution in [0.25, 0.3) is 0 Å². The molecule has 0 amide bonds. The van der Waals surface area contributed by atoms with E-state index in [9.17, 15) is 0 Å². The second-order valence-electron chi connectivity index (χ2n) is 3.42. The summed E-state index contributed by atoms with van der Waals surface area (Å²) in [5.41, 5.74) is 9.42. The molecule has 14 heavy (non-hydrogen) atoms. The molecule has 3 nitrogen and oxygen atoms in total. The van der Waals surface area contributed by atoms with Gasteiger partial charge in [-0.15, -0.1) is 0 Å². The van der Waals surface area contributed by atoms with Gasteiger partial charge in [0, 0.05) is 19.6 Å². The van der Waals surface area contributed by atoms with E-state index in [1.807, 2.05) is 14.1 Å². The molecule has 0 aliphatic heterocycles. The number of benzene rings is 1. The first-order valence-corrected chi connectivity index (χ1v) is 4.91. The van der Waals surface area contributed by atoms with Crippen LogP contribution in [0, 0.1) is 0 Å². The summed E-state index contributed by atoms with van der Waals surface area (Å²) in [6.07, 6.45) is 0. The van der Waals surface area contributed by atoms with Crippen molar-refractivity contribution in [1.29, 1.82) is 0 Å². The van der Waals surface area contributed by atoms with Crippen LogP contribution < -0.4 is 16.4 Å². The molecule has 78 valence electrons. The average molecular weight is 193 g/mol. The number of hydrogen-bond donors (Lipinski definition) is 3. The van der Waals surface area contributed by atoms with Gasteiger partial charge in [-0.3, -0.25) is 0 Å². The van der Waals surface area contributed by atoms with Crippen LogP contribution in [0.3, 0.4) is 0 Å². The first-order valence-electron chi connectivity index (χ1n) is 4.91. The quantitative estimate of drug-likeness (QED) is 0.641. The number of hydrogen-bond acceptors (Lipinski definition) is 3. The van der Waals surface area contributed by atoms with Crippen molar-refractivity contribution >= 4 is 0 Å². The average Bonchev–Trinajstić information content (AvgIpc) is 2.18. The molecule has 1 rings (SSSR count). The molecule has 0 aromatic heterocycles. The molecular weight excluding hydrogens is 174 g/mol. The lowest BCUT2D eigenvalue weighted by Crippen LogP contribution is -2.10. The number of rotatable bonds is 5. The first-order chi connectivity index (χ1) is 6.80. The molecule has 0 atom stereocenters. The lowest BCUT2D eigenvalue weighted by molar-refractivity contribution is 0.793. The molecule has 0 unspecified atom stereocenters. The predicted molar refractivity (Wildman–Crippen MR) is 59.9 cm³/mol. The van der Waals surface area contributed by atoms with Gasteiger partial charge in [0.2, 0.25) is 0 Å².